The number of hydrogen-bond donors (Lipinski definition) is 3. The summed E-state index contributed by atoms with van der Waals surface area (Å²) in [7, 11) is 1.66. The first-order valence-corrected chi connectivity index (χ1v) is 9.89. The third kappa shape index (κ3) is 6.99. The number of nitrogens with zero attached hydrogens (tertiary/aromatic N) is 1. The molecule has 0 radical (unpaired) electrons. The number of guanidine groups is 1. The van der Waals surface area contributed by atoms with Crippen LogP contribution >= 0.6 is 0 Å². The SMILES string of the molecule is CN=C(NCc1ccc(COCC(F)(F)F)cc1)NCC1CC(=O)Nc2ccccc21. The first-order chi connectivity index (χ1) is 14.8. The predicted molar refractivity (Wildman–Crippen MR) is 113 cm³/mol. The first kappa shape index (κ1) is 22.6. The van der Waals surface area contributed by atoms with Crippen molar-refractivity contribution in [2.45, 2.75) is 31.7 Å². The average molecular weight is 434 g/mol. The molecule has 1 aliphatic heterocycles. The maximum atomic E-state index is 12.1. The van der Waals surface area contributed by atoms with Gasteiger partial charge in [0.25, 0.3) is 0 Å². The number of amides is 1. The highest BCUT2D eigenvalue weighted by atomic mass is 19.4. The summed E-state index contributed by atoms with van der Waals surface area (Å²) < 4.78 is 41.1. The molecule has 3 N–H and O–H groups in total. The van der Waals surface area contributed by atoms with Gasteiger partial charge in [0.05, 0.1) is 6.61 Å². The van der Waals surface area contributed by atoms with E-state index in [4.69, 9.17) is 0 Å². The van der Waals surface area contributed by atoms with E-state index in [1.165, 1.54) is 0 Å². The molecule has 0 bridgehead atoms. The van der Waals surface area contributed by atoms with Gasteiger partial charge >= 0.3 is 6.18 Å². The molecule has 3 rings (SSSR count). The van der Waals surface area contributed by atoms with Gasteiger partial charge in [-0.2, -0.15) is 13.2 Å². The van der Waals surface area contributed by atoms with Gasteiger partial charge in [-0.25, -0.2) is 0 Å². The molecule has 6 nitrogen and oxygen atoms in total. The summed E-state index contributed by atoms with van der Waals surface area (Å²) in [5.41, 5.74) is 3.55. The molecule has 31 heavy (non-hydrogen) atoms. The van der Waals surface area contributed by atoms with Crippen molar-refractivity contribution in [1.82, 2.24) is 10.6 Å². The van der Waals surface area contributed by atoms with E-state index in [-0.39, 0.29) is 18.4 Å². The molecule has 1 atom stereocenters. The molecule has 0 saturated heterocycles. The molecule has 2 aromatic rings. The summed E-state index contributed by atoms with van der Waals surface area (Å²) >= 11 is 0. The Morgan fingerprint density at radius 1 is 1.13 bits per heavy atom. The van der Waals surface area contributed by atoms with Gasteiger partial charge in [0, 0.05) is 38.2 Å². The minimum Gasteiger partial charge on any atom is -0.367 e. The zero-order chi connectivity index (χ0) is 22.3. The highest BCUT2D eigenvalue weighted by Gasteiger charge is 2.27. The average Bonchev–Trinajstić information content (AvgIpc) is 2.73. The van der Waals surface area contributed by atoms with Gasteiger partial charge in [-0.3, -0.25) is 9.79 Å². The van der Waals surface area contributed by atoms with Crippen LogP contribution in [-0.4, -0.2) is 38.2 Å². The Hall–Kier alpha value is -3.07. The number of alkyl halides is 3. The first-order valence-electron chi connectivity index (χ1n) is 9.89. The van der Waals surface area contributed by atoms with Crippen molar-refractivity contribution >= 4 is 17.6 Å². The van der Waals surface area contributed by atoms with Gasteiger partial charge in [0.2, 0.25) is 5.91 Å². The molecule has 0 spiro atoms. The largest absolute Gasteiger partial charge is 0.411 e. The Balaban J connectivity index is 1.47. The lowest BCUT2D eigenvalue weighted by atomic mass is 9.90. The molecule has 1 unspecified atom stereocenters. The molecule has 0 aromatic heterocycles. The van der Waals surface area contributed by atoms with Crippen molar-refractivity contribution in [2.75, 3.05) is 25.5 Å². The summed E-state index contributed by atoms with van der Waals surface area (Å²) in [4.78, 5) is 16.2. The van der Waals surface area contributed by atoms with E-state index in [0.717, 1.165) is 16.8 Å². The van der Waals surface area contributed by atoms with Gasteiger partial charge in [-0.15, -0.1) is 0 Å². The van der Waals surface area contributed by atoms with Crippen molar-refractivity contribution < 1.29 is 22.7 Å². The fourth-order valence-corrected chi connectivity index (χ4v) is 3.35. The predicted octanol–water partition coefficient (Wildman–Crippen LogP) is 3.56. The summed E-state index contributed by atoms with van der Waals surface area (Å²) in [6.45, 7) is -0.303. The van der Waals surface area contributed by atoms with Crippen LogP contribution in [0.15, 0.2) is 53.5 Å². The number of para-hydroxylation sites is 1. The quantitative estimate of drug-likeness (QED) is 0.460. The Kier molecular flexibility index (Phi) is 7.51. The Morgan fingerprint density at radius 2 is 1.84 bits per heavy atom. The number of carbonyl (C=O) groups excluding carboxylic acids is 1. The Morgan fingerprint density at radius 3 is 2.55 bits per heavy atom. The number of halogens is 3. The standard InChI is InChI=1S/C22H25F3N4O2/c1-26-21(28-12-17-10-20(30)29-19-5-3-2-4-18(17)19)27-11-15-6-8-16(9-7-15)13-31-14-22(23,24)25/h2-9,17H,10-14H2,1H3,(H,29,30)(H2,26,27,28). The normalized spacial score (nSPS) is 16.5. The number of ether oxygens (including phenoxy) is 1. The second kappa shape index (κ2) is 10.3. The number of rotatable bonds is 7. The minimum absolute atomic E-state index is 0.00671. The highest BCUT2D eigenvalue weighted by Crippen LogP contribution is 2.31. The van der Waals surface area contributed by atoms with Crippen molar-refractivity contribution in [1.29, 1.82) is 0 Å². The van der Waals surface area contributed by atoms with Crippen LogP contribution < -0.4 is 16.0 Å². The van der Waals surface area contributed by atoms with Gasteiger partial charge < -0.3 is 20.7 Å². The molecule has 1 heterocycles. The number of nitrogens with one attached hydrogen (secondary N) is 3. The molecule has 0 fully saturated rings. The zero-order valence-electron chi connectivity index (χ0n) is 17.1. The monoisotopic (exact) mass is 434 g/mol. The minimum atomic E-state index is -4.32. The number of aliphatic imine (C=N–C) groups is 1. The molecule has 9 heteroatoms. The molecule has 2 aromatic carbocycles. The van der Waals surface area contributed by atoms with Gasteiger partial charge in [-0.05, 0) is 22.8 Å². The van der Waals surface area contributed by atoms with Gasteiger partial charge in [0.15, 0.2) is 5.96 Å². The number of carbonyl (C=O) groups is 1. The van der Waals surface area contributed by atoms with Crippen LogP contribution in [-0.2, 0) is 22.7 Å². The third-order valence-electron chi connectivity index (χ3n) is 4.86. The van der Waals surface area contributed by atoms with E-state index < -0.39 is 12.8 Å². The lowest BCUT2D eigenvalue weighted by molar-refractivity contribution is -0.176. The molecule has 0 aliphatic carbocycles. The van der Waals surface area contributed by atoms with E-state index in [1.807, 2.05) is 36.4 Å². The summed E-state index contributed by atoms with van der Waals surface area (Å²) in [6, 6.07) is 14.9. The molecular formula is C22H25F3N4O2. The van der Waals surface area contributed by atoms with Crippen LogP contribution in [0.4, 0.5) is 18.9 Å². The second-order valence-electron chi connectivity index (χ2n) is 7.27. The molecular weight excluding hydrogens is 409 g/mol. The molecule has 166 valence electrons. The van der Waals surface area contributed by atoms with Gasteiger partial charge in [0.1, 0.15) is 6.61 Å². The van der Waals surface area contributed by atoms with Crippen LogP contribution in [0.25, 0.3) is 0 Å². The van der Waals surface area contributed by atoms with Crippen LogP contribution in [0.1, 0.15) is 29.0 Å². The van der Waals surface area contributed by atoms with Gasteiger partial charge in [-0.1, -0.05) is 42.5 Å². The summed E-state index contributed by atoms with van der Waals surface area (Å²) in [5, 5.41) is 9.34. The van der Waals surface area contributed by atoms with Crippen molar-refractivity contribution in [2.24, 2.45) is 4.99 Å². The molecule has 0 saturated carbocycles. The van der Waals surface area contributed by atoms with Crippen LogP contribution in [0, 0.1) is 0 Å². The summed E-state index contributed by atoms with van der Waals surface area (Å²) in [6.07, 6.45) is -3.92. The van der Waals surface area contributed by atoms with Crippen LogP contribution in [0.3, 0.4) is 0 Å². The van der Waals surface area contributed by atoms with Crippen molar-refractivity contribution in [3.05, 3.63) is 65.2 Å². The molecule has 1 amide bonds. The van der Waals surface area contributed by atoms with Crippen molar-refractivity contribution in [3.63, 3.8) is 0 Å². The fourth-order valence-electron chi connectivity index (χ4n) is 3.35. The van der Waals surface area contributed by atoms with Crippen molar-refractivity contribution in [3.8, 4) is 0 Å². The summed E-state index contributed by atoms with van der Waals surface area (Å²) in [5.74, 6) is 0.633. The Bertz CT molecular complexity index is 914. The second-order valence-corrected chi connectivity index (χ2v) is 7.27. The smallest absolute Gasteiger partial charge is 0.367 e. The van der Waals surface area contributed by atoms with E-state index in [9.17, 15) is 18.0 Å². The Labute approximate surface area is 178 Å². The topological polar surface area (TPSA) is 74.8 Å². The van der Waals surface area contributed by atoms with E-state index in [0.29, 0.717) is 31.0 Å². The van der Waals surface area contributed by atoms with E-state index >= 15 is 0 Å². The van der Waals surface area contributed by atoms with E-state index in [1.54, 1.807) is 19.2 Å². The number of hydrogen-bond acceptors (Lipinski definition) is 3. The number of anilines is 1. The lowest BCUT2D eigenvalue weighted by Crippen LogP contribution is -2.40. The number of fused-ring (bicyclic) bond motifs is 1. The lowest BCUT2D eigenvalue weighted by Gasteiger charge is -2.26. The van der Waals surface area contributed by atoms with Crippen LogP contribution in [0.2, 0.25) is 0 Å². The fraction of sp³-hybridized carbons (Fsp3) is 0.364. The van der Waals surface area contributed by atoms with E-state index in [2.05, 4.69) is 25.7 Å². The number of benzene rings is 2. The molecule has 1 aliphatic rings. The van der Waals surface area contributed by atoms with Crippen LogP contribution in [0.5, 0.6) is 0 Å². The zero-order valence-corrected chi connectivity index (χ0v) is 17.1. The maximum absolute atomic E-state index is 12.1. The highest BCUT2D eigenvalue weighted by molar-refractivity contribution is 5.94. The maximum Gasteiger partial charge on any atom is 0.411 e. The third-order valence-corrected chi connectivity index (χ3v) is 4.86.